The van der Waals surface area contributed by atoms with Crippen molar-refractivity contribution in [3.63, 3.8) is 0 Å². The number of carboxylic acid groups (broad SMARTS) is 1. The molecule has 2 aliphatic rings. The average molecular weight is 722 g/mol. The average Bonchev–Trinajstić information content (AvgIpc) is 3.70. The Hall–Kier alpha value is -6.12. The second kappa shape index (κ2) is 16.9. The highest BCUT2D eigenvalue weighted by molar-refractivity contribution is 5.98. The van der Waals surface area contributed by atoms with Crippen molar-refractivity contribution in [3.8, 4) is 22.5 Å². The fourth-order valence-corrected chi connectivity index (χ4v) is 6.88. The Balaban J connectivity index is 1.14. The van der Waals surface area contributed by atoms with Gasteiger partial charge in [-0.05, 0) is 109 Å². The molecule has 1 saturated heterocycles. The van der Waals surface area contributed by atoms with E-state index in [0.29, 0.717) is 62.3 Å². The molecule has 2 fully saturated rings. The number of tetrazole rings is 1. The molecule has 1 saturated carbocycles. The van der Waals surface area contributed by atoms with Crippen molar-refractivity contribution >= 4 is 35.4 Å². The van der Waals surface area contributed by atoms with Gasteiger partial charge in [-0.3, -0.25) is 19.2 Å². The normalized spacial score (nSPS) is 19.0. The van der Waals surface area contributed by atoms with E-state index in [-0.39, 0.29) is 54.3 Å². The zero-order valence-corrected chi connectivity index (χ0v) is 29.4. The van der Waals surface area contributed by atoms with Crippen LogP contribution in [0.25, 0.3) is 22.5 Å². The molecule has 3 aromatic carbocycles. The van der Waals surface area contributed by atoms with Gasteiger partial charge in [0, 0.05) is 54.7 Å². The summed E-state index contributed by atoms with van der Waals surface area (Å²) in [6.07, 6.45) is 2.73. The van der Waals surface area contributed by atoms with Crippen LogP contribution in [0.5, 0.6) is 0 Å². The lowest BCUT2D eigenvalue weighted by Crippen LogP contribution is -2.48. The van der Waals surface area contributed by atoms with Gasteiger partial charge in [-0.1, -0.05) is 30.3 Å². The summed E-state index contributed by atoms with van der Waals surface area (Å²) in [4.78, 5) is 63.1. The predicted molar refractivity (Wildman–Crippen MR) is 195 cm³/mol. The van der Waals surface area contributed by atoms with Crippen LogP contribution >= 0.6 is 0 Å². The first-order chi connectivity index (χ1) is 25.6. The number of nitrogens with zero attached hydrogens (tertiary/aromatic N) is 3. The van der Waals surface area contributed by atoms with Crippen molar-refractivity contribution in [3.05, 3.63) is 83.4 Å². The molecule has 15 nitrogen and oxygen atoms in total. The highest BCUT2D eigenvalue weighted by Gasteiger charge is 2.30. The van der Waals surface area contributed by atoms with Crippen LogP contribution < -0.4 is 26.6 Å². The minimum atomic E-state index is -1.06. The number of H-pyrrole nitrogens is 1. The molecule has 276 valence electrons. The smallest absolute Gasteiger partial charge is 0.404 e. The largest absolute Gasteiger partial charge is 0.465 e. The molecule has 1 aromatic heterocycles. The first-order valence-corrected chi connectivity index (χ1v) is 17.8. The van der Waals surface area contributed by atoms with E-state index in [0.717, 1.165) is 27.8 Å². The zero-order chi connectivity index (χ0) is 37.3. The summed E-state index contributed by atoms with van der Waals surface area (Å²) in [6, 6.07) is 19.1. The number of aryl methyl sites for hydroxylation is 1. The topological polar surface area (TPSA) is 220 Å². The lowest BCUT2D eigenvalue weighted by molar-refractivity contribution is -0.130. The monoisotopic (exact) mass is 721 g/mol. The number of benzene rings is 3. The standard InChI is InChI=1S/C38H43N9O6/c1-22-2-7-28(36(50)42-30-16-17-39-33(48)20-30)19-31(22)25-8-3-23(4-9-25)18-32(43-35(49)27-10-5-24(6-11-27)21-40-38(52)53)37(51)41-29-14-12-26(13-15-29)34-44-46-47-45-34/h2-4,7-9,12-15,19,24,27,30,32,40H,5-6,10-11,16-18,20-21H2,1H3,(H,39,48)(H,41,51)(H,42,50)(H,43,49)(H,52,53)(H,44,45,46,47)/t24?,27?,30?,32-/m0/s1. The SMILES string of the molecule is Cc1ccc(C(=O)NC2CCNC(=O)C2)cc1-c1ccc(C[C@H](NC(=O)C2CCC(CNC(=O)O)CC2)C(=O)Nc2ccc(-c3nn[nH]n3)cc2)cc1. The minimum Gasteiger partial charge on any atom is -0.465 e. The van der Waals surface area contributed by atoms with Crippen molar-refractivity contribution in [1.82, 2.24) is 41.9 Å². The van der Waals surface area contributed by atoms with Crippen molar-refractivity contribution in [2.75, 3.05) is 18.4 Å². The molecule has 15 heteroatoms. The molecule has 1 unspecified atom stereocenters. The van der Waals surface area contributed by atoms with E-state index in [9.17, 15) is 24.0 Å². The van der Waals surface area contributed by atoms with Gasteiger partial charge >= 0.3 is 6.09 Å². The molecule has 5 amide bonds. The molecule has 0 spiro atoms. The number of anilines is 1. The highest BCUT2D eigenvalue weighted by atomic mass is 16.4. The van der Waals surface area contributed by atoms with E-state index < -0.39 is 12.1 Å². The van der Waals surface area contributed by atoms with Crippen molar-refractivity contribution < 1.29 is 29.1 Å². The molecule has 53 heavy (non-hydrogen) atoms. The van der Waals surface area contributed by atoms with Crippen molar-refractivity contribution in [2.24, 2.45) is 11.8 Å². The first-order valence-electron chi connectivity index (χ1n) is 17.8. The van der Waals surface area contributed by atoms with Crippen LogP contribution in [-0.4, -0.2) is 80.6 Å². The van der Waals surface area contributed by atoms with Gasteiger partial charge in [0.25, 0.3) is 5.91 Å². The molecule has 2 heterocycles. The molecule has 4 aromatic rings. The van der Waals surface area contributed by atoms with Gasteiger partial charge in [0.1, 0.15) is 6.04 Å². The Morgan fingerprint density at radius 2 is 1.66 bits per heavy atom. The maximum absolute atomic E-state index is 13.8. The van der Waals surface area contributed by atoms with Gasteiger partial charge in [-0.15, -0.1) is 10.2 Å². The zero-order valence-electron chi connectivity index (χ0n) is 29.4. The second-order valence-corrected chi connectivity index (χ2v) is 13.7. The Bertz CT molecular complexity index is 1920. The van der Waals surface area contributed by atoms with Gasteiger partial charge in [0.05, 0.1) is 0 Å². The Morgan fingerprint density at radius 1 is 0.925 bits per heavy atom. The third-order valence-corrected chi connectivity index (χ3v) is 9.93. The Morgan fingerprint density at radius 3 is 2.34 bits per heavy atom. The summed E-state index contributed by atoms with van der Waals surface area (Å²) in [6.45, 7) is 2.86. The lowest BCUT2D eigenvalue weighted by atomic mass is 9.81. The highest BCUT2D eigenvalue weighted by Crippen LogP contribution is 2.29. The summed E-state index contributed by atoms with van der Waals surface area (Å²) in [7, 11) is 0. The quantitative estimate of drug-likeness (QED) is 0.113. The number of aromatic amines is 1. The number of rotatable bonds is 12. The number of carbonyl (C=O) groups is 5. The summed E-state index contributed by atoms with van der Waals surface area (Å²) in [5.41, 5.74) is 5.33. The van der Waals surface area contributed by atoms with Crippen LogP contribution in [0.2, 0.25) is 0 Å². The molecule has 0 radical (unpaired) electrons. The van der Waals surface area contributed by atoms with Gasteiger partial charge in [-0.25, -0.2) is 4.79 Å². The number of nitrogens with one attached hydrogen (secondary N) is 6. The van der Waals surface area contributed by atoms with E-state index in [4.69, 9.17) is 5.11 Å². The van der Waals surface area contributed by atoms with Crippen LogP contribution in [0.1, 0.15) is 60.0 Å². The number of carbonyl (C=O) groups excluding carboxylic acids is 4. The van der Waals surface area contributed by atoms with E-state index in [1.54, 1.807) is 30.3 Å². The Labute approximate surface area is 306 Å². The van der Waals surface area contributed by atoms with Crippen molar-refractivity contribution in [2.45, 2.75) is 64.0 Å². The van der Waals surface area contributed by atoms with E-state index in [1.165, 1.54) is 0 Å². The third kappa shape index (κ3) is 9.81. The summed E-state index contributed by atoms with van der Waals surface area (Å²) >= 11 is 0. The number of hydrogen-bond acceptors (Lipinski definition) is 8. The lowest BCUT2D eigenvalue weighted by Gasteiger charge is -2.29. The molecule has 1 aliphatic heterocycles. The molecule has 7 N–H and O–H groups in total. The van der Waals surface area contributed by atoms with Crippen LogP contribution in [0.3, 0.4) is 0 Å². The molecule has 1 aliphatic carbocycles. The van der Waals surface area contributed by atoms with Crippen LogP contribution in [-0.2, 0) is 20.8 Å². The molecule has 6 rings (SSSR count). The van der Waals surface area contributed by atoms with Gasteiger partial charge in [0.15, 0.2) is 0 Å². The fraction of sp³-hybridized carbons (Fsp3) is 0.368. The van der Waals surface area contributed by atoms with E-state index >= 15 is 0 Å². The van der Waals surface area contributed by atoms with Gasteiger partial charge in [0.2, 0.25) is 23.5 Å². The van der Waals surface area contributed by atoms with Gasteiger partial charge < -0.3 is 31.7 Å². The minimum absolute atomic E-state index is 0.0732. The van der Waals surface area contributed by atoms with Crippen LogP contribution in [0.4, 0.5) is 10.5 Å². The Kier molecular flexibility index (Phi) is 11.7. The number of piperidine rings is 1. The summed E-state index contributed by atoms with van der Waals surface area (Å²) in [5, 5.41) is 37.0. The predicted octanol–water partition coefficient (Wildman–Crippen LogP) is 3.59. The number of aromatic nitrogens is 4. The van der Waals surface area contributed by atoms with Crippen molar-refractivity contribution in [1.29, 1.82) is 0 Å². The van der Waals surface area contributed by atoms with E-state index in [1.807, 2.05) is 43.3 Å². The van der Waals surface area contributed by atoms with E-state index in [2.05, 4.69) is 47.2 Å². The molecular weight excluding hydrogens is 678 g/mol. The second-order valence-electron chi connectivity index (χ2n) is 13.7. The van der Waals surface area contributed by atoms with Crippen LogP contribution in [0, 0.1) is 18.8 Å². The van der Waals surface area contributed by atoms with Crippen LogP contribution in [0.15, 0.2) is 66.7 Å². The molecule has 2 atom stereocenters. The summed E-state index contributed by atoms with van der Waals surface area (Å²) < 4.78 is 0. The fourth-order valence-electron chi connectivity index (χ4n) is 6.88. The molecule has 0 bridgehead atoms. The number of hydrogen-bond donors (Lipinski definition) is 7. The maximum Gasteiger partial charge on any atom is 0.404 e. The van der Waals surface area contributed by atoms with Gasteiger partial charge in [-0.2, -0.15) is 5.21 Å². The molecular formula is C38H43N9O6. The summed E-state index contributed by atoms with van der Waals surface area (Å²) in [5.74, 6) is -0.590. The maximum atomic E-state index is 13.8. The number of amides is 5. The third-order valence-electron chi connectivity index (χ3n) is 9.93. The first kappa shape index (κ1) is 36.7.